The van der Waals surface area contributed by atoms with Crippen molar-refractivity contribution in [1.82, 2.24) is 5.32 Å². The SMILES string of the molecule is CCCC[C@H](NC1CCC1C1CC1)C(=O)O. The van der Waals surface area contributed by atoms with Gasteiger partial charge in [-0.25, -0.2) is 0 Å². The first-order chi connectivity index (χ1) is 7.72. The Hall–Kier alpha value is -0.570. The van der Waals surface area contributed by atoms with E-state index in [-0.39, 0.29) is 6.04 Å². The molecule has 2 N–H and O–H groups in total. The second-order valence-corrected chi connectivity index (χ2v) is 5.38. The van der Waals surface area contributed by atoms with Crippen LogP contribution in [0.25, 0.3) is 0 Å². The van der Waals surface area contributed by atoms with Crippen molar-refractivity contribution in [3.05, 3.63) is 0 Å². The minimum atomic E-state index is -0.671. The third kappa shape index (κ3) is 2.76. The van der Waals surface area contributed by atoms with E-state index in [1.54, 1.807) is 0 Å². The summed E-state index contributed by atoms with van der Waals surface area (Å²) in [7, 11) is 0. The maximum atomic E-state index is 11.1. The zero-order chi connectivity index (χ0) is 11.5. The third-order valence-electron chi connectivity index (χ3n) is 4.12. The van der Waals surface area contributed by atoms with Crippen LogP contribution in [-0.2, 0) is 4.79 Å². The molecule has 2 saturated carbocycles. The monoisotopic (exact) mass is 225 g/mol. The van der Waals surface area contributed by atoms with Crippen LogP contribution < -0.4 is 5.32 Å². The molecule has 2 aliphatic carbocycles. The van der Waals surface area contributed by atoms with Crippen molar-refractivity contribution in [3.63, 3.8) is 0 Å². The minimum Gasteiger partial charge on any atom is -0.480 e. The fourth-order valence-electron chi connectivity index (χ4n) is 2.77. The number of hydrogen-bond donors (Lipinski definition) is 2. The Balaban J connectivity index is 1.77. The van der Waals surface area contributed by atoms with Crippen LogP contribution in [0.5, 0.6) is 0 Å². The molecule has 0 aliphatic heterocycles. The van der Waals surface area contributed by atoms with E-state index >= 15 is 0 Å². The molecule has 0 bridgehead atoms. The lowest BCUT2D eigenvalue weighted by molar-refractivity contribution is -0.140. The topological polar surface area (TPSA) is 49.3 Å². The summed E-state index contributed by atoms with van der Waals surface area (Å²) in [6.07, 6.45) is 8.08. The van der Waals surface area contributed by atoms with E-state index in [2.05, 4.69) is 12.2 Å². The second kappa shape index (κ2) is 5.17. The zero-order valence-corrected chi connectivity index (χ0v) is 10.1. The molecule has 92 valence electrons. The molecule has 2 aliphatic rings. The van der Waals surface area contributed by atoms with Crippen molar-refractivity contribution >= 4 is 5.97 Å². The number of carbonyl (C=O) groups is 1. The van der Waals surface area contributed by atoms with Crippen molar-refractivity contribution in [1.29, 1.82) is 0 Å². The number of aliphatic carboxylic acids is 1. The van der Waals surface area contributed by atoms with Gasteiger partial charge >= 0.3 is 5.97 Å². The van der Waals surface area contributed by atoms with Gasteiger partial charge in [-0.3, -0.25) is 4.79 Å². The molecule has 0 aromatic rings. The molecule has 0 radical (unpaired) electrons. The van der Waals surface area contributed by atoms with Crippen LogP contribution in [0.15, 0.2) is 0 Å². The number of carboxylic acid groups (broad SMARTS) is 1. The van der Waals surface area contributed by atoms with Crippen LogP contribution >= 0.6 is 0 Å². The van der Waals surface area contributed by atoms with Crippen molar-refractivity contribution in [2.24, 2.45) is 11.8 Å². The van der Waals surface area contributed by atoms with Gasteiger partial charge in [0.1, 0.15) is 6.04 Å². The number of carboxylic acids is 1. The van der Waals surface area contributed by atoms with E-state index in [1.807, 2.05) is 0 Å². The molecule has 2 rings (SSSR count). The smallest absolute Gasteiger partial charge is 0.320 e. The highest BCUT2D eigenvalue weighted by atomic mass is 16.4. The number of nitrogens with one attached hydrogen (secondary N) is 1. The quantitative estimate of drug-likeness (QED) is 0.699. The van der Waals surface area contributed by atoms with Crippen LogP contribution in [0, 0.1) is 11.8 Å². The summed E-state index contributed by atoms with van der Waals surface area (Å²) in [6, 6.07) is 0.178. The summed E-state index contributed by atoms with van der Waals surface area (Å²) in [5.74, 6) is 1.02. The molecule has 3 heteroatoms. The summed E-state index contributed by atoms with van der Waals surface area (Å²) in [6.45, 7) is 2.11. The normalized spacial score (nSPS) is 30.8. The fraction of sp³-hybridized carbons (Fsp3) is 0.923. The van der Waals surface area contributed by atoms with Crippen molar-refractivity contribution < 1.29 is 9.90 Å². The van der Waals surface area contributed by atoms with Crippen LogP contribution in [0.3, 0.4) is 0 Å². The predicted octanol–water partition coefficient (Wildman–Crippen LogP) is 2.41. The highest BCUT2D eigenvalue weighted by molar-refractivity contribution is 5.73. The molecular formula is C13H23NO2. The lowest BCUT2D eigenvalue weighted by atomic mass is 9.76. The van der Waals surface area contributed by atoms with Crippen molar-refractivity contribution in [3.8, 4) is 0 Å². The highest BCUT2D eigenvalue weighted by Crippen LogP contribution is 2.47. The molecule has 0 aromatic carbocycles. The Morgan fingerprint density at radius 2 is 2.12 bits per heavy atom. The fourth-order valence-corrected chi connectivity index (χ4v) is 2.77. The molecule has 0 amide bonds. The van der Waals surface area contributed by atoms with E-state index in [9.17, 15) is 4.79 Å². The Morgan fingerprint density at radius 1 is 1.38 bits per heavy atom. The number of rotatable bonds is 7. The van der Waals surface area contributed by atoms with Gasteiger partial charge in [0.15, 0.2) is 0 Å². The summed E-state index contributed by atoms with van der Waals surface area (Å²) < 4.78 is 0. The van der Waals surface area contributed by atoms with Gasteiger partial charge in [-0.05, 0) is 43.9 Å². The van der Waals surface area contributed by atoms with E-state index in [4.69, 9.17) is 5.11 Å². The average molecular weight is 225 g/mol. The maximum absolute atomic E-state index is 11.1. The first kappa shape index (κ1) is 11.9. The van der Waals surface area contributed by atoms with Crippen LogP contribution in [-0.4, -0.2) is 23.2 Å². The second-order valence-electron chi connectivity index (χ2n) is 5.38. The summed E-state index contributed by atoms with van der Waals surface area (Å²) in [5, 5.41) is 12.5. The van der Waals surface area contributed by atoms with Gasteiger partial charge in [-0.2, -0.15) is 0 Å². The average Bonchev–Trinajstić information content (AvgIpc) is 3.00. The summed E-state index contributed by atoms with van der Waals surface area (Å²) in [5.41, 5.74) is 0. The molecule has 0 saturated heterocycles. The van der Waals surface area contributed by atoms with Crippen LogP contribution in [0.4, 0.5) is 0 Å². The van der Waals surface area contributed by atoms with Crippen molar-refractivity contribution in [2.45, 2.75) is 64.0 Å². The predicted molar refractivity (Wildman–Crippen MR) is 63.3 cm³/mol. The van der Waals surface area contributed by atoms with Crippen LogP contribution in [0.1, 0.15) is 51.9 Å². The Bertz CT molecular complexity index is 250. The van der Waals surface area contributed by atoms with Gasteiger partial charge < -0.3 is 10.4 Å². The van der Waals surface area contributed by atoms with Gasteiger partial charge in [0.25, 0.3) is 0 Å². The maximum Gasteiger partial charge on any atom is 0.320 e. The largest absolute Gasteiger partial charge is 0.480 e. The van der Waals surface area contributed by atoms with Gasteiger partial charge in [-0.15, -0.1) is 0 Å². The molecule has 3 atom stereocenters. The molecule has 2 unspecified atom stereocenters. The first-order valence-electron chi connectivity index (χ1n) is 6.71. The van der Waals surface area contributed by atoms with Gasteiger partial charge in [0.05, 0.1) is 0 Å². The molecule has 16 heavy (non-hydrogen) atoms. The molecule has 0 aromatic heterocycles. The zero-order valence-electron chi connectivity index (χ0n) is 10.1. The summed E-state index contributed by atoms with van der Waals surface area (Å²) in [4.78, 5) is 11.1. The highest BCUT2D eigenvalue weighted by Gasteiger charge is 2.42. The van der Waals surface area contributed by atoms with Gasteiger partial charge in [0.2, 0.25) is 0 Å². The first-order valence-corrected chi connectivity index (χ1v) is 6.71. The lowest BCUT2D eigenvalue weighted by Crippen LogP contribution is -2.51. The van der Waals surface area contributed by atoms with E-state index < -0.39 is 5.97 Å². The Kier molecular flexibility index (Phi) is 3.85. The molecule has 3 nitrogen and oxygen atoms in total. The Labute approximate surface area is 97.6 Å². The standard InChI is InChI=1S/C13H23NO2/c1-2-3-4-12(13(15)16)14-11-8-7-10(11)9-5-6-9/h9-12,14H,2-8H2,1H3,(H,15,16)/t10?,11?,12-/m0/s1. The van der Waals surface area contributed by atoms with E-state index in [1.165, 1.54) is 25.7 Å². The number of hydrogen-bond acceptors (Lipinski definition) is 2. The molecular weight excluding hydrogens is 202 g/mol. The van der Waals surface area contributed by atoms with Gasteiger partial charge in [0, 0.05) is 6.04 Å². The molecule has 0 spiro atoms. The Morgan fingerprint density at radius 3 is 2.56 bits per heavy atom. The minimum absolute atomic E-state index is 0.313. The molecule has 0 heterocycles. The van der Waals surface area contributed by atoms with E-state index in [0.717, 1.165) is 31.1 Å². The van der Waals surface area contributed by atoms with Gasteiger partial charge in [-0.1, -0.05) is 19.8 Å². The molecule has 2 fully saturated rings. The van der Waals surface area contributed by atoms with Crippen LogP contribution in [0.2, 0.25) is 0 Å². The van der Waals surface area contributed by atoms with E-state index in [0.29, 0.717) is 6.04 Å². The number of unbranched alkanes of at least 4 members (excludes halogenated alkanes) is 1. The van der Waals surface area contributed by atoms with Crippen molar-refractivity contribution in [2.75, 3.05) is 0 Å². The third-order valence-corrected chi connectivity index (χ3v) is 4.12. The lowest BCUT2D eigenvalue weighted by Gasteiger charge is -2.39. The summed E-state index contributed by atoms with van der Waals surface area (Å²) >= 11 is 0.